The van der Waals surface area contributed by atoms with Crippen molar-refractivity contribution in [2.45, 2.75) is 37.6 Å². The van der Waals surface area contributed by atoms with E-state index < -0.39 is 0 Å². The molecule has 150 valence electrons. The fraction of sp³-hybridized carbons (Fsp3) is 0.364. The number of thioether (sulfide) groups is 1. The second-order valence-corrected chi connectivity index (χ2v) is 8.14. The molecule has 6 nitrogen and oxygen atoms in total. The molecule has 1 aromatic carbocycles. The Balaban J connectivity index is 1.80. The summed E-state index contributed by atoms with van der Waals surface area (Å²) in [5.74, 6) is -0.269. The van der Waals surface area contributed by atoms with Gasteiger partial charge >= 0.3 is 0 Å². The lowest BCUT2D eigenvalue weighted by Crippen LogP contribution is -2.35. The molecule has 1 heterocycles. The van der Waals surface area contributed by atoms with Gasteiger partial charge in [-0.1, -0.05) is 18.2 Å². The van der Waals surface area contributed by atoms with Crippen LogP contribution in [0.3, 0.4) is 0 Å². The van der Waals surface area contributed by atoms with Crippen LogP contribution in [0.4, 0.5) is 5.69 Å². The number of carbonyl (C=O) groups is 2. The fourth-order valence-electron chi connectivity index (χ4n) is 3.24. The normalized spacial score (nSPS) is 12.9. The quantitative estimate of drug-likeness (QED) is 0.733. The number of carbonyl (C=O) groups excluding carboxylic acids is 2. The van der Waals surface area contributed by atoms with Gasteiger partial charge in [-0.2, -0.15) is 5.26 Å². The van der Waals surface area contributed by atoms with Crippen LogP contribution in [0, 0.1) is 25.2 Å². The van der Waals surface area contributed by atoms with E-state index in [1.54, 1.807) is 13.1 Å². The number of aryl methyl sites for hydroxylation is 2. The van der Waals surface area contributed by atoms with E-state index in [0.29, 0.717) is 16.5 Å². The van der Waals surface area contributed by atoms with Crippen LogP contribution in [0.5, 0.6) is 0 Å². The van der Waals surface area contributed by atoms with Gasteiger partial charge in [0.05, 0.1) is 17.7 Å². The number of nitrogens with one attached hydrogen (secondary N) is 1. The number of anilines is 1. The lowest BCUT2D eigenvalue weighted by Gasteiger charge is -2.19. The molecule has 3 rings (SSSR count). The molecule has 1 aliphatic rings. The van der Waals surface area contributed by atoms with E-state index in [1.807, 2.05) is 38.3 Å². The minimum atomic E-state index is -0.349. The van der Waals surface area contributed by atoms with Crippen molar-refractivity contribution in [2.75, 3.05) is 25.2 Å². The summed E-state index contributed by atoms with van der Waals surface area (Å²) in [4.78, 5) is 31.5. The number of likely N-dealkylation sites (N-methyl/N-ethyl adjacent to an activating group) is 1. The van der Waals surface area contributed by atoms with E-state index in [1.165, 1.54) is 16.7 Å². The molecule has 7 heteroatoms. The van der Waals surface area contributed by atoms with Gasteiger partial charge in [0.15, 0.2) is 0 Å². The highest BCUT2D eigenvalue weighted by Crippen LogP contribution is 2.40. The lowest BCUT2D eigenvalue weighted by molar-refractivity contribution is -0.116. The van der Waals surface area contributed by atoms with E-state index in [-0.39, 0.29) is 23.9 Å². The molecule has 29 heavy (non-hydrogen) atoms. The Labute approximate surface area is 175 Å². The van der Waals surface area contributed by atoms with E-state index in [9.17, 15) is 14.9 Å². The Bertz CT molecular complexity index is 988. The molecule has 0 spiro atoms. The number of hydrogen-bond acceptors (Lipinski definition) is 5. The first-order valence-corrected chi connectivity index (χ1v) is 10.7. The highest BCUT2D eigenvalue weighted by atomic mass is 32.2. The number of pyridine rings is 1. The molecule has 0 bridgehead atoms. The maximum absolute atomic E-state index is 13.1. The lowest BCUT2D eigenvalue weighted by atomic mass is 10.1. The van der Waals surface area contributed by atoms with Crippen LogP contribution in [0.2, 0.25) is 0 Å². The van der Waals surface area contributed by atoms with Crippen molar-refractivity contribution in [3.63, 3.8) is 0 Å². The molecule has 1 saturated carbocycles. The first-order chi connectivity index (χ1) is 13.8. The largest absolute Gasteiger partial charge is 0.332 e. The number of hydrogen-bond donors (Lipinski definition) is 1. The van der Waals surface area contributed by atoms with Crippen molar-refractivity contribution in [1.82, 2.24) is 9.88 Å². The summed E-state index contributed by atoms with van der Waals surface area (Å²) in [6.45, 7) is 3.75. The van der Waals surface area contributed by atoms with Gasteiger partial charge in [0.25, 0.3) is 5.91 Å². The molecule has 0 unspecified atom stereocenters. The van der Waals surface area contributed by atoms with Crippen LogP contribution in [0.1, 0.15) is 51.5 Å². The molecular formula is C22H24N4O2S. The van der Waals surface area contributed by atoms with Crippen molar-refractivity contribution in [3.05, 3.63) is 52.2 Å². The van der Waals surface area contributed by atoms with Crippen LogP contribution in [0.15, 0.2) is 29.3 Å². The van der Waals surface area contributed by atoms with Gasteiger partial charge in [0.2, 0.25) is 5.91 Å². The van der Waals surface area contributed by atoms with Crippen LogP contribution < -0.4 is 5.32 Å². The van der Waals surface area contributed by atoms with Crippen LogP contribution in [-0.4, -0.2) is 41.5 Å². The zero-order valence-electron chi connectivity index (χ0n) is 17.1. The molecule has 0 radical (unpaired) electrons. The van der Waals surface area contributed by atoms with E-state index in [0.717, 1.165) is 35.3 Å². The number of aromatic nitrogens is 1. The zero-order chi connectivity index (χ0) is 21.1. The summed E-state index contributed by atoms with van der Waals surface area (Å²) >= 11 is 1.36. The number of nitriles is 1. The second kappa shape index (κ2) is 8.66. The smallest absolute Gasteiger partial charge is 0.255 e. The maximum atomic E-state index is 13.1. The predicted molar refractivity (Wildman–Crippen MR) is 114 cm³/mol. The third-order valence-electron chi connectivity index (χ3n) is 5.01. The fourth-order valence-corrected chi connectivity index (χ4v) is 3.79. The predicted octanol–water partition coefficient (Wildman–Crippen LogP) is 3.88. The summed E-state index contributed by atoms with van der Waals surface area (Å²) in [5.41, 5.74) is 4.13. The summed E-state index contributed by atoms with van der Waals surface area (Å²) in [6.07, 6.45) is 3.94. The number of nitrogens with zero attached hydrogens (tertiary/aromatic N) is 3. The highest BCUT2D eigenvalue weighted by Gasteiger charge is 2.29. The van der Waals surface area contributed by atoms with Crippen molar-refractivity contribution in [3.8, 4) is 6.07 Å². The number of rotatable bonds is 6. The van der Waals surface area contributed by atoms with Crippen LogP contribution in [0.25, 0.3) is 0 Å². The maximum Gasteiger partial charge on any atom is 0.255 e. The van der Waals surface area contributed by atoms with Gasteiger partial charge in [-0.15, -0.1) is 11.8 Å². The molecule has 0 atom stereocenters. The minimum absolute atomic E-state index is 0.104. The zero-order valence-corrected chi connectivity index (χ0v) is 17.9. The van der Waals surface area contributed by atoms with Crippen molar-refractivity contribution < 1.29 is 9.59 Å². The van der Waals surface area contributed by atoms with E-state index in [2.05, 4.69) is 16.4 Å². The highest BCUT2D eigenvalue weighted by molar-refractivity contribution is 7.98. The Morgan fingerprint density at radius 1 is 1.31 bits per heavy atom. The molecule has 2 amide bonds. The van der Waals surface area contributed by atoms with Gasteiger partial charge in [-0.05, 0) is 50.1 Å². The molecule has 0 aliphatic heterocycles. The van der Waals surface area contributed by atoms with Crippen LogP contribution in [-0.2, 0) is 4.79 Å². The van der Waals surface area contributed by atoms with E-state index in [4.69, 9.17) is 0 Å². The number of benzene rings is 1. The first-order valence-electron chi connectivity index (χ1n) is 9.46. The molecule has 2 aromatic rings. The first kappa shape index (κ1) is 20.9. The third-order valence-corrected chi connectivity index (χ3v) is 5.69. The molecule has 1 fully saturated rings. The van der Waals surface area contributed by atoms with Crippen molar-refractivity contribution >= 4 is 29.3 Å². The van der Waals surface area contributed by atoms with Gasteiger partial charge in [0.1, 0.15) is 11.1 Å². The molecule has 1 aromatic heterocycles. The molecule has 1 N–H and O–H groups in total. The van der Waals surface area contributed by atoms with Crippen molar-refractivity contribution in [2.24, 2.45) is 0 Å². The van der Waals surface area contributed by atoms with Gasteiger partial charge in [0, 0.05) is 24.3 Å². The Morgan fingerprint density at radius 3 is 2.52 bits per heavy atom. The number of amides is 2. The van der Waals surface area contributed by atoms with Gasteiger partial charge in [-0.3, -0.25) is 9.59 Å². The van der Waals surface area contributed by atoms with Gasteiger partial charge < -0.3 is 10.2 Å². The summed E-state index contributed by atoms with van der Waals surface area (Å²) in [5, 5.41) is 13.0. The van der Waals surface area contributed by atoms with Gasteiger partial charge in [-0.25, -0.2) is 4.98 Å². The average molecular weight is 409 g/mol. The van der Waals surface area contributed by atoms with Crippen LogP contribution >= 0.6 is 11.8 Å². The summed E-state index contributed by atoms with van der Waals surface area (Å²) in [7, 11) is 1.57. The molecular weight excluding hydrogens is 384 g/mol. The third kappa shape index (κ3) is 4.60. The summed E-state index contributed by atoms with van der Waals surface area (Å²) < 4.78 is 0. The average Bonchev–Trinajstić information content (AvgIpc) is 3.54. The minimum Gasteiger partial charge on any atom is -0.332 e. The standard InChI is InChI=1S/C22H24N4O2S/c1-13-6-5-7-14(2)20(13)25-19(27)12-26(3)22(28)16-10-18(15-8-9-15)24-21(29-4)17(16)11-23/h5-7,10,15H,8-9,12H2,1-4H3,(H,25,27). The second-order valence-electron chi connectivity index (χ2n) is 7.34. The monoisotopic (exact) mass is 408 g/mol. The molecule has 1 aliphatic carbocycles. The molecule has 0 saturated heterocycles. The summed E-state index contributed by atoms with van der Waals surface area (Å²) in [6, 6.07) is 9.62. The van der Waals surface area contributed by atoms with E-state index >= 15 is 0 Å². The van der Waals surface area contributed by atoms with Crippen molar-refractivity contribution in [1.29, 1.82) is 5.26 Å². The SMILES string of the molecule is CSc1nc(C2CC2)cc(C(=O)N(C)CC(=O)Nc2c(C)cccc2C)c1C#N. The number of para-hydroxylation sites is 1. The topological polar surface area (TPSA) is 86.1 Å². The Hall–Kier alpha value is -2.85. The Kier molecular flexibility index (Phi) is 6.23. The Morgan fingerprint density at radius 2 is 1.97 bits per heavy atom.